The summed E-state index contributed by atoms with van der Waals surface area (Å²) in [5.74, 6) is -0.474. The highest BCUT2D eigenvalue weighted by Crippen LogP contribution is 2.31. The maximum absolute atomic E-state index is 10.9. The largest absolute Gasteiger partial charge is 0.481 e. The predicted octanol–water partition coefficient (Wildman–Crippen LogP) is 3.89. The summed E-state index contributed by atoms with van der Waals surface area (Å²) in [7, 11) is -0.321. The molecule has 1 aromatic rings. The summed E-state index contributed by atoms with van der Waals surface area (Å²) < 4.78 is 16.3. The molecule has 6 nitrogen and oxygen atoms in total. The van der Waals surface area contributed by atoms with Crippen LogP contribution < -0.4 is 5.32 Å². The van der Waals surface area contributed by atoms with Gasteiger partial charge >= 0.3 is 14.7 Å². The van der Waals surface area contributed by atoms with Crippen LogP contribution in [0.2, 0.25) is 0 Å². The molecule has 3 N–H and O–H groups in total. The first kappa shape index (κ1) is 22.0. The van der Waals surface area contributed by atoms with Crippen molar-refractivity contribution in [1.29, 1.82) is 0 Å². The molecule has 0 spiro atoms. The van der Waals surface area contributed by atoms with E-state index in [1.165, 1.54) is 19.3 Å². The van der Waals surface area contributed by atoms with Crippen molar-refractivity contribution in [2.75, 3.05) is 6.54 Å². The van der Waals surface area contributed by atoms with Crippen LogP contribution in [0.4, 0.5) is 0 Å². The van der Waals surface area contributed by atoms with E-state index in [2.05, 4.69) is 5.32 Å². The third-order valence-corrected chi connectivity index (χ3v) is 5.71. The van der Waals surface area contributed by atoms with Crippen LogP contribution in [0.3, 0.4) is 0 Å². The van der Waals surface area contributed by atoms with Crippen molar-refractivity contribution < 1.29 is 24.1 Å². The smallest absolute Gasteiger partial charge is 0.327 e. The van der Waals surface area contributed by atoms with Gasteiger partial charge in [0.25, 0.3) is 0 Å². The topological polar surface area (TPSA) is 95.9 Å². The number of aliphatic hydroxyl groups is 1. The first-order chi connectivity index (χ1) is 13.0. The molecule has 1 saturated carbocycles. The number of hydrogen-bond acceptors (Lipinski definition) is 5. The lowest BCUT2D eigenvalue weighted by Crippen LogP contribution is -2.34. The fraction of sp³-hybridized carbons (Fsp3) is 0.650. The summed E-state index contributed by atoms with van der Waals surface area (Å²) in [4.78, 5) is 10.7. The number of aliphatic carboxylic acids is 1. The molecular formula is C20H30NO5P. The Balaban J connectivity index is 1.81. The minimum atomic E-state index is -0.843. The van der Waals surface area contributed by atoms with E-state index in [4.69, 9.17) is 9.63 Å². The average Bonchev–Trinajstić information content (AvgIpc) is 2.66. The summed E-state index contributed by atoms with van der Waals surface area (Å²) in [5, 5.41) is 22.5. The molecule has 3 atom stereocenters. The third kappa shape index (κ3) is 7.67. The Kier molecular flexibility index (Phi) is 9.35. The summed E-state index contributed by atoms with van der Waals surface area (Å²) >= 11 is 0. The SMILES string of the molecule is CC(NC[C@@H](O)CC(OP=O)C1CCCCC1)c1ccc(CC(=O)O)cc1. The van der Waals surface area contributed by atoms with Crippen molar-refractivity contribution in [3.63, 3.8) is 0 Å². The van der Waals surface area contributed by atoms with E-state index in [1.54, 1.807) is 0 Å². The van der Waals surface area contributed by atoms with Crippen LogP contribution >= 0.6 is 8.69 Å². The standard InChI is InChI=1S/C20H30NO5P/c1-14(16-9-7-15(8-10-16)11-20(23)24)21-13-18(22)12-19(26-27-25)17-5-3-2-4-6-17/h7-10,14,17-19,21-22H,2-6,11-13H2,1H3,(H,23,24)/t14?,18-,19?/m0/s1. The highest BCUT2D eigenvalue weighted by Gasteiger charge is 2.27. The molecule has 1 aliphatic carbocycles. The van der Waals surface area contributed by atoms with E-state index in [0.717, 1.165) is 24.0 Å². The molecule has 0 saturated heterocycles. The van der Waals surface area contributed by atoms with E-state index < -0.39 is 12.1 Å². The number of hydrogen-bond donors (Lipinski definition) is 3. The van der Waals surface area contributed by atoms with E-state index in [-0.39, 0.29) is 27.3 Å². The highest BCUT2D eigenvalue weighted by molar-refractivity contribution is 7.17. The van der Waals surface area contributed by atoms with E-state index in [1.807, 2.05) is 31.2 Å². The lowest BCUT2D eigenvalue weighted by Gasteiger charge is -2.30. The number of nitrogens with one attached hydrogen (secondary N) is 1. The molecule has 1 aromatic carbocycles. The normalized spacial score (nSPS) is 18.9. The number of carboxylic acids is 1. The van der Waals surface area contributed by atoms with Crippen molar-refractivity contribution in [3.8, 4) is 0 Å². The average molecular weight is 395 g/mol. The number of carbonyl (C=O) groups is 1. The molecule has 1 fully saturated rings. The number of benzene rings is 1. The Morgan fingerprint density at radius 1 is 1.26 bits per heavy atom. The van der Waals surface area contributed by atoms with E-state index in [9.17, 15) is 14.5 Å². The molecule has 0 aliphatic heterocycles. The Bertz CT molecular complexity index is 589. The Hall–Kier alpha value is -1.33. The van der Waals surface area contributed by atoms with Crippen LogP contribution in [-0.4, -0.2) is 34.9 Å². The molecule has 1 aliphatic rings. The Labute approximate surface area is 162 Å². The number of aliphatic hydroxyl groups excluding tert-OH is 1. The summed E-state index contributed by atoms with van der Waals surface area (Å²) in [6.45, 7) is 2.42. The molecule has 0 radical (unpaired) electrons. The fourth-order valence-electron chi connectivity index (χ4n) is 3.76. The van der Waals surface area contributed by atoms with Crippen LogP contribution in [0.5, 0.6) is 0 Å². The van der Waals surface area contributed by atoms with Crippen LogP contribution in [0, 0.1) is 5.92 Å². The van der Waals surface area contributed by atoms with E-state index >= 15 is 0 Å². The van der Waals surface area contributed by atoms with Gasteiger partial charge in [0.2, 0.25) is 0 Å². The molecule has 0 amide bonds. The van der Waals surface area contributed by atoms with Crippen molar-refractivity contribution >= 4 is 14.7 Å². The molecular weight excluding hydrogens is 365 g/mol. The first-order valence-electron chi connectivity index (χ1n) is 9.70. The lowest BCUT2D eigenvalue weighted by molar-refractivity contribution is -0.136. The van der Waals surface area contributed by atoms with Gasteiger partial charge in [-0.2, -0.15) is 0 Å². The predicted molar refractivity (Wildman–Crippen MR) is 104 cm³/mol. The van der Waals surface area contributed by atoms with Gasteiger partial charge in [-0.25, -0.2) is 4.57 Å². The van der Waals surface area contributed by atoms with Crippen molar-refractivity contribution in [2.24, 2.45) is 5.92 Å². The molecule has 0 heterocycles. The third-order valence-electron chi connectivity index (χ3n) is 5.35. The second kappa shape index (κ2) is 11.5. The number of carboxylic acid groups (broad SMARTS) is 1. The second-order valence-corrected chi connectivity index (χ2v) is 7.81. The molecule has 2 rings (SSSR count). The maximum atomic E-state index is 10.9. The van der Waals surface area contributed by atoms with Gasteiger partial charge < -0.3 is 15.5 Å². The second-order valence-electron chi connectivity index (χ2n) is 7.45. The van der Waals surface area contributed by atoms with Crippen LogP contribution in [0.25, 0.3) is 0 Å². The van der Waals surface area contributed by atoms with Crippen LogP contribution in [0.1, 0.15) is 62.6 Å². The zero-order valence-corrected chi connectivity index (χ0v) is 16.7. The molecule has 0 bridgehead atoms. The molecule has 0 aromatic heterocycles. The molecule has 150 valence electrons. The maximum Gasteiger partial charge on any atom is 0.327 e. The summed E-state index contributed by atoms with van der Waals surface area (Å²) in [5.41, 5.74) is 1.80. The lowest BCUT2D eigenvalue weighted by atomic mass is 9.83. The highest BCUT2D eigenvalue weighted by atomic mass is 31.1. The van der Waals surface area contributed by atoms with Gasteiger partial charge in [-0.1, -0.05) is 43.5 Å². The Morgan fingerprint density at radius 3 is 2.52 bits per heavy atom. The minimum Gasteiger partial charge on any atom is -0.481 e. The zero-order valence-electron chi connectivity index (χ0n) is 15.8. The van der Waals surface area contributed by atoms with Crippen LogP contribution in [-0.2, 0) is 20.3 Å². The van der Waals surface area contributed by atoms with Crippen molar-refractivity contribution in [1.82, 2.24) is 5.32 Å². The van der Waals surface area contributed by atoms with Gasteiger partial charge in [-0.15, -0.1) is 0 Å². The number of rotatable bonds is 11. The molecule has 2 unspecified atom stereocenters. The van der Waals surface area contributed by atoms with Gasteiger partial charge in [0, 0.05) is 19.0 Å². The summed E-state index contributed by atoms with van der Waals surface area (Å²) in [6.07, 6.45) is 5.45. The van der Waals surface area contributed by atoms with Crippen molar-refractivity contribution in [2.45, 2.75) is 70.1 Å². The first-order valence-corrected chi connectivity index (χ1v) is 10.4. The van der Waals surface area contributed by atoms with Gasteiger partial charge in [-0.05, 0) is 36.8 Å². The van der Waals surface area contributed by atoms with Crippen molar-refractivity contribution in [3.05, 3.63) is 35.4 Å². The van der Waals surface area contributed by atoms with Gasteiger partial charge in [0.05, 0.1) is 18.6 Å². The van der Waals surface area contributed by atoms with Crippen LogP contribution in [0.15, 0.2) is 24.3 Å². The molecule has 27 heavy (non-hydrogen) atoms. The van der Waals surface area contributed by atoms with E-state index in [0.29, 0.717) is 18.9 Å². The summed E-state index contributed by atoms with van der Waals surface area (Å²) in [6, 6.07) is 7.49. The quantitative estimate of drug-likeness (QED) is 0.492. The zero-order chi connectivity index (χ0) is 19.6. The minimum absolute atomic E-state index is 0.0163. The van der Waals surface area contributed by atoms with Gasteiger partial charge in [0.15, 0.2) is 0 Å². The van der Waals surface area contributed by atoms with Gasteiger partial charge in [0.1, 0.15) is 0 Å². The molecule has 7 heteroatoms. The monoisotopic (exact) mass is 395 g/mol. The fourth-order valence-corrected chi connectivity index (χ4v) is 4.13. The Morgan fingerprint density at radius 2 is 1.93 bits per heavy atom. The van der Waals surface area contributed by atoms with Gasteiger partial charge in [-0.3, -0.25) is 9.32 Å².